The summed E-state index contributed by atoms with van der Waals surface area (Å²) in [6, 6.07) is 8.09. The van der Waals surface area contributed by atoms with Gasteiger partial charge in [0.1, 0.15) is 11.0 Å². The fourth-order valence-corrected chi connectivity index (χ4v) is 5.06. The first-order valence-corrected chi connectivity index (χ1v) is 11.3. The van der Waals surface area contributed by atoms with Gasteiger partial charge < -0.3 is 16.4 Å². The molecule has 4 N–H and O–H groups in total. The van der Waals surface area contributed by atoms with Crippen molar-refractivity contribution < 1.29 is 14.4 Å². The first kappa shape index (κ1) is 20.4. The van der Waals surface area contributed by atoms with Crippen LogP contribution in [0.4, 0.5) is 5.00 Å². The van der Waals surface area contributed by atoms with E-state index in [1.807, 2.05) is 12.3 Å². The molecule has 1 heterocycles. The van der Waals surface area contributed by atoms with Crippen LogP contribution < -0.4 is 16.4 Å². The monoisotopic (exact) mass is 417 g/mol. The van der Waals surface area contributed by atoms with Crippen molar-refractivity contribution in [3.05, 3.63) is 51.9 Å². The number of hydrogen-bond donors (Lipinski definition) is 3. The Morgan fingerprint density at radius 2 is 1.96 bits per heavy atom. The van der Waals surface area contributed by atoms with Crippen LogP contribution in [0.1, 0.15) is 44.0 Å². The zero-order valence-electron chi connectivity index (χ0n) is 15.6. The third-order valence-electron chi connectivity index (χ3n) is 4.67. The number of thiophene rings is 1. The van der Waals surface area contributed by atoms with Crippen LogP contribution in [-0.4, -0.2) is 35.8 Å². The van der Waals surface area contributed by atoms with Gasteiger partial charge in [-0.1, -0.05) is 18.2 Å². The van der Waals surface area contributed by atoms with Crippen LogP contribution >= 0.6 is 23.1 Å². The van der Waals surface area contributed by atoms with Crippen LogP contribution in [0, 0.1) is 0 Å². The van der Waals surface area contributed by atoms with Crippen molar-refractivity contribution >= 4 is 45.8 Å². The van der Waals surface area contributed by atoms with E-state index >= 15 is 0 Å². The third kappa shape index (κ3) is 4.56. The lowest BCUT2D eigenvalue weighted by Gasteiger charge is -2.18. The number of anilines is 1. The van der Waals surface area contributed by atoms with E-state index in [4.69, 9.17) is 5.73 Å². The summed E-state index contributed by atoms with van der Waals surface area (Å²) in [5.74, 6) is -0.438. The number of nitrogens with two attached hydrogens (primary N) is 1. The molecule has 3 amide bonds. The molecule has 0 unspecified atom stereocenters. The second-order valence-corrected chi connectivity index (χ2v) is 8.68. The largest absolute Gasteiger partial charge is 0.365 e. The Hall–Kier alpha value is -2.32. The molecule has 1 aromatic heterocycles. The summed E-state index contributed by atoms with van der Waals surface area (Å²) in [5.41, 5.74) is 7.44. The summed E-state index contributed by atoms with van der Waals surface area (Å²) < 4.78 is 0. The first-order chi connectivity index (χ1) is 13.5. The Morgan fingerprint density at radius 3 is 2.64 bits per heavy atom. The SMILES string of the molecule is CSCC[C@@H](NC(=O)c1ccccc1)C(=O)Nc1sc2c(c1C(N)=O)CCC2. The molecule has 1 atom stereocenters. The number of carbonyl (C=O) groups excluding carboxylic acids is 3. The van der Waals surface area contributed by atoms with Crippen LogP contribution in [0.3, 0.4) is 0 Å². The molecule has 0 saturated carbocycles. The second-order valence-electron chi connectivity index (χ2n) is 6.59. The Labute approximate surface area is 172 Å². The van der Waals surface area contributed by atoms with Crippen molar-refractivity contribution in [1.29, 1.82) is 0 Å². The van der Waals surface area contributed by atoms with Crippen LogP contribution in [0.25, 0.3) is 0 Å². The highest BCUT2D eigenvalue weighted by Crippen LogP contribution is 2.38. The topological polar surface area (TPSA) is 101 Å². The number of rotatable bonds is 8. The molecular weight excluding hydrogens is 394 g/mol. The van der Waals surface area contributed by atoms with Gasteiger partial charge in [-0.15, -0.1) is 11.3 Å². The molecule has 3 rings (SSSR count). The van der Waals surface area contributed by atoms with Crippen molar-refractivity contribution in [3.8, 4) is 0 Å². The van der Waals surface area contributed by atoms with E-state index < -0.39 is 11.9 Å². The van der Waals surface area contributed by atoms with Gasteiger partial charge in [0, 0.05) is 10.4 Å². The average Bonchev–Trinajstić information content (AvgIpc) is 3.25. The number of fused-ring (bicyclic) bond motifs is 1. The lowest BCUT2D eigenvalue weighted by molar-refractivity contribution is -0.118. The number of aryl methyl sites for hydroxylation is 1. The lowest BCUT2D eigenvalue weighted by Crippen LogP contribution is -2.44. The molecule has 1 aliphatic carbocycles. The number of hydrogen-bond acceptors (Lipinski definition) is 5. The van der Waals surface area contributed by atoms with Gasteiger partial charge in [-0.05, 0) is 55.4 Å². The van der Waals surface area contributed by atoms with Crippen LogP contribution in [0.5, 0.6) is 0 Å². The fraction of sp³-hybridized carbons (Fsp3) is 0.350. The van der Waals surface area contributed by atoms with Crippen molar-refractivity contribution in [3.63, 3.8) is 0 Å². The highest BCUT2D eigenvalue weighted by Gasteiger charge is 2.28. The number of nitrogens with one attached hydrogen (secondary N) is 2. The van der Waals surface area contributed by atoms with Crippen LogP contribution in [0.15, 0.2) is 30.3 Å². The molecule has 1 aliphatic rings. The summed E-state index contributed by atoms with van der Waals surface area (Å²) in [7, 11) is 0. The second kappa shape index (κ2) is 9.25. The predicted molar refractivity (Wildman–Crippen MR) is 114 cm³/mol. The third-order valence-corrected chi connectivity index (χ3v) is 6.52. The first-order valence-electron chi connectivity index (χ1n) is 9.11. The summed E-state index contributed by atoms with van der Waals surface area (Å²) >= 11 is 3.01. The number of amides is 3. The van der Waals surface area contributed by atoms with E-state index in [1.54, 1.807) is 36.0 Å². The minimum Gasteiger partial charge on any atom is -0.365 e. The minimum absolute atomic E-state index is 0.300. The van der Waals surface area contributed by atoms with Crippen LogP contribution in [0.2, 0.25) is 0 Å². The van der Waals surface area contributed by atoms with Crippen molar-refractivity contribution in [2.24, 2.45) is 5.73 Å². The van der Waals surface area contributed by atoms with Crippen LogP contribution in [-0.2, 0) is 17.6 Å². The summed E-state index contributed by atoms with van der Waals surface area (Å²) in [4.78, 5) is 38.4. The smallest absolute Gasteiger partial charge is 0.251 e. The zero-order valence-corrected chi connectivity index (χ0v) is 17.3. The quantitative estimate of drug-likeness (QED) is 0.615. The maximum Gasteiger partial charge on any atom is 0.251 e. The molecule has 148 valence electrons. The molecule has 0 radical (unpaired) electrons. The molecule has 0 aliphatic heterocycles. The highest BCUT2D eigenvalue weighted by atomic mass is 32.2. The molecule has 2 aromatic rings. The maximum atomic E-state index is 12.9. The van der Waals surface area contributed by atoms with E-state index in [2.05, 4.69) is 10.6 Å². The van der Waals surface area contributed by atoms with Gasteiger partial charge in [0.2, 0.25) is 5.91 Å². The van der Waals surface area contributed by atoms with Crippen molar-refractivity contribution in [2.75, 3.05) is 17.3 Å². The zero-order chi connectivity index (χ0) is 20.1. The van der Waals surface area contributed by atoms with E-state index in [-0.39, 0.29) is 11.8 Å². The van der Waals surface area contributed by atoms with Gasteiger partial charge in [-0.3, -0.25) is 14.4 Å². The molecule has 0 fully saturated rings. The Balaban J connectivity index is 1.77. The number of benzene rings is 1. The van der Waals surface area contributed by atoms with Gasteiger partial charge in [0.05, 0.1) is 5.56 Å². The lowest BCUT2D eigenvalue weighted by atomic mass is 10.1. The van der Waals surface area contributed by atoms with Gasteiger partial charge in [0.25, 0.3) is 11.8 Å². The number of carbonyl (C=O) groups is 3. The fourth-order valence-electron chi connectivity index (χ4n) is 3.29. The van der Waals surface area contributed by atoms with Gasteiger partial charge in [-0.2, -0.15) is 11.8 Å². The number of primary amides is 1. The van der Waals surface area contributed by atoms with Crippen molar-refractivity contribution in [2.45, 2.75) is 31.7 Å². The average molecular weight is 418 g/mol. The molecular formula is C20H23N3O3S2. The Morgan fingerprint density at radius 1 is 1.21 bits per heavy atom. The summed E-state index contributed by atoms with van der Waals surface area (Å²) in [5, 5.41) is 6.14. The van der Waals surface area contributed by atoms with Gasteiger partial charge in [-0.25, -0.2) is 0 Å². The highest BCUT2D eigenvalue weighted by molar-refractivity contribution is 7.98. The van der Waals surface area contributed by atoms with E-state index in [0.29, 0.717) is 22.5 Å². The normalized spacial score (nSPS) is 13.6. The maximum absolute atomic E-state index is 12.9. The number of thioether (sulfide) groups is 1. The Bertz CT molecular complexity index is 880. The standard InChI is InChI=1S/C20H23N3O3S2/c1-27-11-10-14(22-18(25)12-6-3-2-4-7-12)19(26)23-20-16(17(21)24)13-8-5-9-15(13)28-20/h2-4,6-7,14H,5,8-11H2,1H3,(H2,21,24)(H,22,25)(H,23,26)/t14-/m1/s1. The molecule has 1 aromatic carbocycles. The minimum atomic E-state index is -0.696. The molecule has 0 saturated heterocycles. The summed E-state index contributed by atoms with van der Waals surface area (Å²) in [6.45, 7) is 0. The molecule has 0 bridgehead atoms. The molecule has 0 spiro atoms. The predicted octanol–water partition coefficient (Wildman–Crippen LogP) is 2.83. The van der Waals surface area contributed by atoms with Gasteiger partial charge in [0.15, 0.2) is 0 Å². The molecule has 6 nitrogen and oxygen atoms in total. The summed E-state index contributed by atoms with van der Waals surface area (Å²) in [6.07, 6.45) is 5.14. The molecule has 8 heteroatoms. The van der Waals surface area contributed by atoms with Gasteiger partial charge >= 0.3 is 0 Å². The van der Waals surface area contributed by atoms with E-state index in [1.165, 1.54) is 11.3 Å². The van der Waals surface area contributed by atoms with Crippen molar-refractivity contribution in [1.82, 2.24) is 5.32 Å². The van der Waals surface area contributed by atoms with E-state index in [9.17, 15) is 14.4 Å². The molecule has 28 heavy (non-hydrogen) atoms. The Kier molecular flexibility index (Phi) is 6.74. The van der Waals surface area contributed by atoms with E-state index in [0.717, 1.165) is 35.5 Å².